The first-order valence-corrected chi connectivity index (χ1v) is 12.3. The van der Waals surface area contributed by atoms with E-state index in [1.807, 2.05) is 43.3 Å². The summed E-state index contributed by atoms with van der Waals surface area (Å²) in [5.74, 6) is 1.81. The van der Waals surface area contributed by atoms with Gasteiger partial charge in [-0.15, -0.1) is 0 Å². The Morgan fingerprint density at radius 1 is 1.09 bits per heavy atom. The lowest BCUT2D eigenvalue weighted by Gasteiger charge is -2.35. The van der Waals surface area contributed by atoms with Crippen LogP contribution in [0.3, 0.4) is 0 Å². The van der Waals surface area contributed by atoms with E-state index in [2.05, 4.69) is 35.9 Å². The van der Waals surface area contributed by atoms with Crippen LogP contribution in [0, 0.1) is 13.8 Å². The van der Waals surface area contributed by atoms with Crippen LogP contribution in [0.1, 0.15) is 34.1 Å². The SMILES string of the molecule is CCN1CCN(c2nc(SCc3ccc(C(=O)NCCN(C)C)cc3)nc(C)c2C)CC1. The van der Waals surface area contributed by atoms with Gasteiger partial charge in [-0.3, -0.25) is 4.79 Å². The summed E-state index contributed by atoms with van der Waals surface area (Å²) in [6.07, 6.45) is 0. The van der Waals surface area contributed by atoms with E-state index in [1.165, 1.54) is 5.56 Å². The molecule has 1 N–H and O–H groups in total. The number of aryl methyl sites for hydroxylation is 1. The van der Waals surface area contributed by atoms with Crippen LogP contribution < -0.4 is 10.2 Å². The Kier molecular flexibility index (Phi) is 8.90. The standard InChI is InChI=1S/C24H36N6OS/c1-6-29-13-15-30(16-14-29)22-18(2)19(3)26-24(27-22)32-17-20-7-9-21(10-8-20)23(31)25-11-12-28(4)5/h7-10H,6,11-17H2,1-5H3,(H,25,31). The molecule has 2 aromatic rings. The lowest BCUT2D eigenvalue weighted by molar-refractivity contribution is 0.0951. The number of likely N-dealkylation sites (N-methyl/N-ethyl adjacent to an activating group) is 2. The molecule has 174 valence electrons. The van der Waals surface area contributed by atoms with Crippen molar-refractivity contribution in [3.05, 3.63) is 46.6 Å². The summed E-state index contributed by atoms with van der Waals surface area (Å²) in [5.41, 5.74) is 4.05. The van der Waals surface area contributed by atoms with E-state index < -0.39 is 0 Å². The van der Waals surface area contributed by atoms with Crippen LogP contribution in [0.15, 0.2) is 29.4 Å². The maximum Gasteiger partial charge on any atom is 0.251 e. The predicted molar refractivity (Wildman–Crippen MR) is 133 cm³/mol. The Morgan fingerprint density at radius 3 is 2.41 bits per heavy atom. The minimum Gasteiger partial charge on any atom is -0.354 e. The molecule has 1 aliphatic rings. The van der Waals surface area contributed by atoms with Crippen LogP contribution in [0.4, 0.5) is 5.82 Å². The zero-order valence-corrected chi connectivity index (χ0v) is 20.8. The fraction of sp³-hybridized carbons (Fsp3) is 0.542. The molecule has 1 aromatic heterocycles. The van der Waals surface area contributed by atoms with Gasteiger partial charge >= 0.3 is 0 Å². The number of carbonyl (C=O) groups is 1. The number of aromatic nitrogens is 2. The molecule has 8 heteroatoms. The highest BCUT2D eigenvalue weighted by atomic mass is 32.2. The van der Waals surface area contributed by atoms with Gasteiger partial charge in [0.05, 0.1) is 0 Å². The third-order valence-corrected chi connectivity index (χ3v) is 6.81. The number of rotatable bonds is 9. The Balaban J connectivity index is 1.59. The summed E-state index contributed by atoms with van der Waals surface area (Å²) < 4.78 is 0. The van der Waals surface area contributed by atoms with Gasteiger partial charge in [0.1, 0.15) is 5.82 Å². The number of anilines is 1. The van der Waals surface area contributed by atoms with Crippen LogP contribution in [0.2, 0.25) is 0 Å². The smallest absolute Gasteiger partial charge is 0.251 e. The zero-order valence-electron chi connectivity index (χ0n) is 20.0. The van der Waals surface area contributed by atoms with Gasteiger partial charge in [-0.2, -0.15) is 0 Å². The first-order valence-electron chi connectivity index (χ1n) is 11.3. The maximum atomic E-state index is 12.3. The molecule has 1 amide bonds. The normalized spacial score (nSPS) is 14.8. The molecule has 7 nitrogen and oxygen atoms in total. The summed E-state index contributed by atoms with van der Waals surface area (Å²) in [6.45, 7) is 13.1. The van der Waals surface area contributed by atoms with Crippen LogP contribution in [-0.2, 0) is 5.75 Å². The minimum atomic E-state index is -0.0312. The number of hydrogen-bond donors (Lipinski definition) is 1. The molecule has 1 aliphatic heterocycles. The highest BCUT2D eigenvalue weighted by Gasteiger charge is 2.20. The average Bonchev–Trinajstić information content (AvgIpc) is 2.80. The molecule has 0 bridgehead atoms. The highest BCUT2D eigenvalue weighted by molar-refractivity contribution is 7.98. The van der Waals surface area contributed by atoms with E-state index in [0.29, 0.717) is 12.1 Å². The molecule has 0 atom stereocenters. The van der Waals surface area contributed by atoms with Gasteiger partial charge in [0.25, 0.3) is 5.91 Å². The largest absolute Gasteiger partial charge is 0.354 e. The molecule has 2 heterocycles. The number of hydrogen-bond acceptors (Lipinski definition) is 7. The number of thioether (sulfide) groups is 1. The number of nitrogens with one attached hydrogen (secondary N) is 1. The van der Waals surface area contributed by atoms with Gasteiger partial charge in [0.15, 0.2) is 5.16 Å². The monoisotopic (exact) mass is 456 g/mol. The fourth-order valence-electron chi connectivity index (χ4n) is 3.63. The second kappa shape index (κ2) is 11.6. The average molecular weight is 457 g/mol. The number of nitrogens with zero attached hydrogens (tertiary/aromatic N) is 5. The van der Waals surface area contributed by atoms with Crippen molar-refractivity contribution in [2.75, 3.05) is 64.8 Å². The molecular weight excluding hydrogens is 420 g/mol. The van der Waals surface area contributed by atoms with Gasteiger partial charge in [-0.05, 0) is 52.2 Å². The number of benzene rings is 1. The third-order valence-electron chi connectivity index (χ3n) is 5.89. The lowest BCUT2D eigenvalue weighted by atomic mass is 10.1. The summed E-state index contributed by atoms with van der Waals surface area (Å²) in [4.78, 5) is 28.8. The van der Waals surface area contributed by atoms with Crippen LogP contribution in [0.25, 0.3) is 0 Å². The third kappa shape index (κ3) is 6.67. The van der Waals surface area contributed by atoms with Gasteiger partial charge in [-0.1, -0.05) is 30.8 Å². The molecule has 0 saturated carbocycles. The molecule has 0 aliphatic carbocycles. The lowest BCUT2D eigenvalue weighted by Crippen LogP contribution is -2.46. The Labute approximate surface area is 196 Å². The van der Waals surface area contributed by atoms with Crippen LogP contribution in [-0.4, -0.2) is 85.6 Å². The van der Waals surface area contributed by atoms with E-state index in [0.717, 1.165) is 67.3 Å². The summed E-state index contributed by atoms with van der Waals surface area (Å²) in [5, 5.41) is 3.76. The van der Waals surface area contributed by atoms with E-state index in [1.54, 1.807) is 11.8 Å². The van der Waals surface area contributed by atoms with Crippen LogP contribution >= 0.6 is 11.8 Å². The maximum absolute atomic E-state index is 12.3. The van der Waals surface area contributed by atoms with Crippen molar-refractivity contribution >= 4 is 23.5 Å². The summed E-state index contributed by atoms with van der Waals surface area (Å²) in [6, 6.07) is 7.81. The van der Waals surface area contributed by atoms with E-state index in [-0.39, 0.29) is 5.91 Å². The molecule has 0 radical (unpaired) electrons. The summed E-state index contributed by atoms with van der Waals surface area (Å²) >= 11 is 1.65. The van der Waals surface area contributed by atoms with Crippen LogP contribution in [0.5, 0.6) is 0 Å². The number of carbonyl (C=O) groups excluding carboxylic acids is 1. The highest BCUT2D eigenvalue weighted by Crippen LogP contribution is 2.27. The molecule has 0 unspecified atom stereocenters. The molecule has 32 heavy (non-hydrogen) atoms. The van der Waals surface area contributed by atoms with E-state index in [4.69, 9.17) is 9.97 Å². The van der Waals surface area contributed by atoms with Crippen molar-refractivity contribution in [1.29, 1.82) is 0 Å². The Morgan fingerprint density at radius 2 is 1.78 bits per heavy atom. The zero-order chi connectivity index (χ0) is 23.1. The van der Waals surface area contributed by atoms with Crippen molar-refractivity contribution in [2.45, 2.75) is 31.7 Å². The molecule has 3 rings (SSSR count). The van der Waals surface area contributed by atoms with Crippen molar-refractivity contribution in [3.63, 3.8) is 0 Å². The van der Waals surface area contributed by atoms with Gasteiger partial charge < -0.3 is 20.0 Å². The Hall–Kier alpha value is -2.16. The predicted octanol–water partition coefficient (Wildman–Crippen LogP) is 2.82. The molecule has 1 aromatic carbocycles. The molecular formula is C24H36N6OS. The van der Waals surface area contributed by atoms with Gasteiger partial charge in [0.2, 0.25) is 0 Å². The van der Waals surface area contributed by atoms with Gasteiger partial charge in [-0.25, -0.2) is 9.97 Å². The molecule has 1 fully saturated rings. The van der Waals surface area contributed by atoms with E-state index >= 15 is 0 Å². The second-order valence-corrected chi connectivity index (χ2v) is 9.45. The quantitative estimate of drug-likeness (QED) is 0.460. The fourth-order valence-corrected chi connectivity index (χ4v) is 4.47. The van der Waals surface area contributed by atoms with Crippen molar-refractivity contribution in [1.82, 2.24) is 25.1 Å². The minimum absolute atomic E-state index is 0.0312. The molecule has 1 saturated heterocycles. The first-order chi connectivity index (χ1) is 15.4. The van der Waals surface area contributed by atoms with Crippen molar-refractivity contribution < 1.29 is 4.79 Å². The van der Waals surface area contributed by atoms with Gasteiger partial charge in [0, 0.05) is 61.8 Å². The van der Waals surface area contributed by atoms with Crippen molar-refractivity contribution in [2.24, 2.45) is 0 Å². The van der Waals surface area contributed by atoms with Crippen molar-refractivity contribution in [3.8, 4) is 0 Å². The first kappa shape index (κ1) is 24.5. The summed E-state index contributed by atoms with van der Waals surface area (Å²) in [7, 11) is 3.99. The number of piperazine rings is 1. The number of amides is 1. The second-order valence-electron chi connectivity index (χ2n) is 8.51. The topological polar surface area (TPSA) is 64.6 Å². The van der Waals surface area contributed by atoms with E-state index in [9.17, 15) is 4.79 Å². The molecule has 0 spiro atoms. The Bertz CT molecular complexity index is 894.